The van der Waals surface area contributed by atoms with Crippen molar-refractivity contribution >= 4 is 35.2 Å². The zero-order valence-corrected chi connectivity index (χ0v) is 12.7. The van der Waals surface area contributed by atoms with Gasteiger partial charge in [-0.2, -0.15) is 0 Å². The Balaban J connectivity index is 1.90. The summed E-state index contributed by atoms with van der Waals surface area (Å²) in [5.74, 6) is -1.44. The van der Waals surface area contributed by atoms with Crippen molar-refractivity contribution in [3.05, 3.63) is 23.8 Å². The van der Waals surface area contributed by atoms with Crippen LogP contribution < -0.4 is 10.6 Å². The first kappa shape index (κ1) is 16.3. The van der Waals surface area contributed by atoms with Crippen molar-refractivity contribution in [3.63, 3.8) is 0 Å². The van der Waals surface area contributed by atoms with E-state index in [1.165, 1.54) is 11.8 Å². The van der Waals surface area contributed by atoms with E-state index in [1.807, 2.05) is 6.92 Å². The molecule has 1 unspecified atom stereocenters. The van der Waals surface area contributed by atoms with Gasteiger partial charge in [0.05, 0.1) is 17.5 Å². The Hall–Kier alpha value is -2.06. The van der Waals surface area contributed by atoms with Gasteiger partial charge in [0.2, 0.25) is 5.91 Å². The number of nitrogens with one attached hydrogen (secondary N) is 2. The molecule has 0 spiro atoms. The molecule has 8 heteroatoms. The van der Waals surface area contributed by atoms with Crippen molar-refractivity contribution in [2.45, 2.75) is 17.1 Å². The van der Waals surface area contributed by atoms with Gasteiger partial charge in [0.25, 0.3) is 5.91 Å². The highest BCUT2D eigenvalue weighted by atomic mass is 32.2. The van der Waals surface area contributed by atoms with Crippen LogP contribution in [0.5, 0.6) is 0 Å². The van der Waals surface area contributed by atoms with Crippen molar-refractivity contribution in [1.29, 1.82) is 0 Å². The number of carboxylic acids is 1. The highest BCUT2D eigenvalue weighted by Crippen LogP contribution is 2.35. The largest absolute Gasteiger partial charge is 0.480 e. The Morgan fingerprint density at radius 1 is 1.45 bits per heavy atom. The molecular formula is C14H16N2O5S. The van der Waals surface area contributed by atoms with Crippen LogP contribution in [0.2, 0.25) is 0 Å². The van der Waals surface area contributed by atoms with Gasteiger partial charge in [-0.1, -0.05) is 0 Å². The maximum Gasteiger partial charge on any atom is 0.329 e. The smallest absolute Gasteiger partial charge is 0.329 e. The molecule has 0 aliphatic carbocycles. The summed E-state index contributed by atoms with van der Waals surface area (Å²) in [4.78, 5) is 34.8. The number of thioether (sulfide) groups is 1. The van der Waals surface area contributed by atoms with Gasteiger partial charge in [-0.25, -0.2) is 4.79 Å². The molecule has 3 N–H and O–H groups in total. The van der Waals surface area contributed by atoms with Crippen LogP contribution in [-0.4, -0.2) is 47.9 Å². The minimum Gasteiger partial charge on any atom is -0.480 e. The Morgan fingerprint density at radius 3 is 2.95 bits per heavy atom. The summed E-state index contributed by atoms with van der Waals surface area (Å²) in [6.45, 7) is 1.76. The molecule has 0 saturated carbocycles. The molecule has 1 aliphatic heterocycles. The number of carboxylic acid groups (broad SMARTS) is 1. The number of fused-ring (bicyclic) bond motifs is 1. The summed E-state index contributed by atoms with van der Waals surface area (Å²) in [5.41, 5.74) is 1.05. The second-order valence-corrected chi connectivity index (χ2v) is 6.05. The van der Waals surface area contributed by atoms with E-state index in [4.69, 9.17) is 9.84 Å². The number of aliphatic carboxylic acids is 1. The summed E-state index contributed by atoms with van der Waals surface area (Å²) in [7, 11) is 0. The minimum absolute atomic E-state index is 0.0860. The third-order valence-electron chi connectivity index (χ3n) is 2.93. The second kappa shape index (κ2) is 7.28. The summed E-state index contributed by atoms with van der Waals surface area (Å²) in [5, 5.41) is 13.6. The molecule has 1 aliphatic rings. The maximum absolute atomic E-state index is 12.0. The van der Waals surface area contributed by atoms with Crippen LogP contribution in [0.1, 0.15) is 17.3 Å². The number of amides is 2. The predicted octanol–water partition coefficient (Wildman–Crippen LogP) is 0.950. The molecule has 1 atom stereocenters. The molecule has 118 valence electrons. The van der Waals surface area contributed by atoms with E-state index in [1.54, 1.807) is 18.2 Å². The Kier molecular flexibility index (Phi) is 5.40. The van der Waals surface area contributed by atoms with Crippen LogP contribution in [0.3, 0.4) is 0 Å². The highest BCUT2D eigenvalue weighted by molar-refractivity contribution is 8.00. The SMILES string of the molecule is CC1Sc2ccc(C(=O)NCCOCC(=O)O)cc2NC1=O. The molecule has 0 saturated heterocycles. The average Bonchev–Trinajstić information content (AvgIpc) is 2.47. The van der Waals surface area contributed by atoms with E-state index < -0.39 is 12.6 Å². The van der Waals surface area contributed by atoms with Crippen LogP contribution in [-0.2, 0) is 14.3 Å². The first-order chi connectivity index (χ1) is 10.5. The predicted molar refractivity (Wildman–Crippen MR) is 81.2 cm³/mol. The van der Waals surface area contributed by atoms with Crippen molar-refractivity contribution in [2.24, 2.45) is 0 Å². The number of benzene rings is 1. The molecule has 1 aromatic rings. The number of carbonyl (C=O) groups is 3. The number of carbonyl (C=O) groups excluding carboxylic acids is 2. The lowest BCUT2D eigenvalue weighted by molar-refractivity contribution is -0.142. The van der Waals surface area contributed by atoms with Gasteiger partial charge >= 0.3 is 5.97 Å². The second-order valence-electron chi connectivity index (χ2n) is 4.66. The van der Waals surface area contributed by atoms with E-state index in [0.29, 0.717) is 11.3 Å². The van der Waals surface area contributed by atoms with Crippen molar-refractivity contribution in [1.82, 2.24) is 5.32 Å². The Morgan fingerprint density at radius 2 is 2.23 bits per heavy atom. The standard InChI is InChI=1S/C14H16N2O5S/c1-8-13(19)16-10-6-9(2-3-11(10)22-8)14(20)15-4-5-21-7-12(17)18/h2-3,6,8H,4-5,7H2,1H3,(H,15,20)(H,16,19)(H,17,18). The van der Waals surface area contributed by atoms with Crippen LogP contribution >= 0.6 is 11.8 Å². The molecule has 0 aromatic heterocycles. The van der Waals surface area contributed by atoms with Crippen LogP contribution in [0.4, 0.5) is 5.69 Å². The Bertz CT molecular complexity index is 605. The van der Waals surface area contributed by atoms with Gasteiger partial charge in [0.15, 0.2) is 0 Å². The van der Waals surface area contributed by atoms with E-state index in [-0.39, 0.29) is 30.2 Å². The number of hydrogen-bond donors (Lipinski definition) is 3. The van der Waals surface area contributed by atoms with Gasteiger partial charge in [0, 0.05) is 17.0 Å². The molecule has 1 aromatic carbocycles. The molecular weight excluding hydrogens is 308 g/mol. The van der Waals surface area contributed by atoms with Crippen molar-refractivity contribution < 1.29 is 24.2 Å². The lowest BCUT2D eigenvalue weighted by Gasteiger charge is -2.21. The molecule has 0 fully saturated rings. The summed E-state index contributed by atoms with van der Waals surface area (Å²) >= 11 is 1.45. The fourth-order valence-electron chi connectivity index (χ4n) is 1.85. The molecule has 22 heavy (non-hydrogen) atoms. The third-order valence-corrected chi connectivity index (χ3v) is 4.11. The zero-order valence-electron chi connectivity index (χ0n) is 11.9. The molecule has 7 nitrogen and oxygen atoms in total. The molecule has 2 rings (SSSR count). The lowest BCUT2D eigenvalue weighted by atomic mass is 10.1. The Labute approximate surface area is 131 Å². The summed E-state index contributed by atoms with van der Waals surface area (Å²) in [6.07, 6.45) is 0. The number of hydrogen-bond acceptors (Lipinski definition) is 5. The normalized spacial score (nSPS) is 16.6. The minimum atomic E-state index is -1.05. The molecule has 2 amide bonds. The fraction of sp³-hybridized carbons (Fsp3) is 0.357. The van der Waals surface area contributed by atoms with Crippen LogP contribution in [0.25, 0.3) is 0 Å². The number of ether oxygens (including phenoxy) is 1. The van der Waals surface area contributed by atoms with Gasteiger partial charge in [-0.15, -0.1) is 11.8 Å². The average molecular weight is 324 g/mol. The van der Waals surface area contributed by atoms with E-state index in [2.05, 4.69) is 10.6 Å². The number of rotatable bonds is 6. The monoisotopic (exact) mass is 324 g/mol. The first-order valence-electron chi connectivity index (χ1n) is 6.66. The van der Waals surface area contributed by atoms with E-state index in [9.17, 15) is 14.4 Å². The van der Waals surface area contributed by atoms with Crippen molar-refractivity contribution in [3.8, 4) is 0 Å². The molecule has 0 bridgehead atoms. The van der Waals surface area contributed by atoms with Gasteiger partial charge in [0.1, 0.15) is 6.61 Å². The summed E-state index contributed by atoms with van der Waals surface area (Å²) < 4.78 is 4.82. The topological polar surface area (TPSA) is 105 Å². The molecule has 0 radical (unpaired) electrons. The quantitative estimate of drug-likeness (QED) is 0.673. The van der Waals surface area contributed by atoms with Gasteiger partial charge in [-0.05, 0) is 25.1 Å². The van der Waals surface area contributed by atoms with Crippen molar-refractivity contribution in [2.75, 3.05) is 25.1 Å². The van der Waals surface area contributed by atoms with Gasteiger partial charge in [-0.3, -0.25) is 9.59 Å². The van der Waals surface area contributed by atoms with Crippen LogP contribution in [0, 0.1) is 0 Å². The molecule has 1 heterocycles. The zero-order chi connectivity index (χ0) is 16.1. The van der Waals surface area contributed by atoms with Crippen LogP contribution in [0.15, 0.2) is 23.1 Å². The first-order valence-corrected chi connectivity index (χ1v) is 7.54. The number of anilines is 1. The lowest BCUT2D eigenvalue weighted by Crippen LogP contribution is -2.29. The third kappa shape index (κ3) is 4.22. The fourth-order valence-corrected chi connectivity index (χ4v) is 2.78. The maximum atomic E-state index is 12.0. The summed E-state index contributed by atoms with van der Waals surface area (Å²) in [6, 6.07) is 5.11. The van der Waals surface area contributed by atoms with E-state index in [0.717, 1.165) is 4.90 Å². The highest BCUT2D eigenvalue weighted by Gasteiger charge is 2.23. The van der Waals surface area contributed by atoms with E-state index >= 15 is 0 Å². The van der Waals surface area contributed by atoms with Gasteiger partial charge < -0.3 is 20.5 Å².